The highest BCUT2D eigenvalue weighted by molar-refractivity contribution is 6.01. The summed E-state index contributed by atoms with van der Waals surface area (Å²) >= 11 is 0. The first kappa shape index (κ1) is 23.3. The molecule has 1 atom stereocenters. The second-order valence-corrected chi connectivity index (χ2v) is 7.31. The molecule has 3 rings (SSSR count). The van der Waals surface area contributed by atoms with Crippen LogP contribution >= 0.6 is 0 Å². The summed E-state index contributed by atoms with van der Waals surface area (Å²) in [5.74, 6) is -1.79. The monoisotopic (exact) mass is 449 g/mol. The minimum absolute atomic E-state index is 0.0865. The Bertz CT molecular complexity index is 1160. The van der Waals surface area contributed by atoms with E-state index in [2.05, 4.69) is 10.6 Å². The standard InChI is InChI=1S/C25H24FN3O4/c1-16-9-12-18(13-10-16)28-25(32)33-23(17-11-14-22(30)19(26)15-17)7-4-8-24(31)29-21-6-3-2-5-20(21)27/h2-6,8-15,23,30H,7,27H2,1H3,(H,28,32)(H,29,31)/b8-4+/t23-/m1/s1. The number of hydrogen-bond acceptors (Lipinski definition) is 5. The van der Waals surface area contributed by atoms with Gasteiger partial charge in [-0.1, -0.05) is 42.0 Å². The fraction of sp³-hybridized carbons (Fsp3) is 0.120. The summed E-state index contributed by atoms with van der Waals surface area (Å²) in [6.07, 6.45) is 1.22. The number of para-hydroxylation sites is 2. The third-order valence-corrected chi connectivity index (χ3v) is 4.73. The highest BCUT2D eigenvalue weighted by Gasteiger charge is 2.18. The number of carbonyl (C=O) groups excluding carboxylic acids is 2. The molecular weight excluding hydrogens is 425 g/mol. The molecule has 33 heavy (non-hydrogen) atoms. The van der Waals surface area contributed by atoms with E-state index in [1.165, 1.54) is 24.3 Å². The van der Waals surface area contributed by atoms with E-state index < -0.39 is 29.7 Å². The minimum atomic E-state index is -0.906. The predicted molar refractivity (Wildman–Crippen MR) is 125 cm³/mol. The highest BCUT2D eigenvalue weighted by Crippen LogP contribution is 2.27. The summed E-state index contributed by atoms with van der Waals surface area (Å²) in [7, 11) is 0. The average Bonchev–Trinajstić information content (AvgIpc) is 2.78. The van der Waals surface area contributed by atoms with Crippen LogP contribution in [0.5, 0.6) is 5.75 Å². The number of benzene rings is 3. The van der Waals surface area contributed by atoms with E-state index in [4.69, 9.17) is 10.5 Å². The second-order valence-electron chi connectivity index (χ2n) is 7.31. The quantitative estimate of drug-likeness (QED) is 0.289. The zero-order valence-electron chi connectivity index (χ0n) is 17.9. The van der Waals surface area contributed by atoms with Gasteiger partial charge in [-0.25, -0.2) is 9.18 Å². The Morgan fingerprint density at radius 1 is 1.09 bits per heavy atom. The normalized spacial score (nSPS) is 11.7. The molecular formula is C25H24FN3O4. The third kappa shape index (κ3) is 6.83. The van der Waals surface area contributed by atoms with Crippen molar-refractivity contribution in [3.8, 4) is 5.75 Å². The summed E-state index contributed by atoms with van der Waals surface area (Å²) < 4.78 is 19.4. The van der Waals surface area contributed by atoms with Gasteiger partial charge in [0.2, 0.25) is 5.91 Å². The van der Waals surface area contributed by atoms with Crippen molar-refractivity contribution < 1.29 is 23.8 Å². The van der Waals surface area contributed by atoms with Crippen LogP contribution in [0, 0.1) is 12.7 Å². The number of phenolic OH excluding ortho intramolecular Hbond substituents is 1. The van der Waals surface area contributed by atoms with Crippen LogP contribution in [-0.2, 0) is 9.53 Å². The number of nitrogens with one attached hydrogen (secondary N) is 2. The Morgan fingerprint density at radius 3 is 2.52 bits per heavy atom. The topological polar surface area (TPSA) is 114 Å². The van der Waals surface area contributed by atoms with E-state index in [1.807, 2.05) is 19.1 Å². The molecule has 0 radical (unpaired) electrons. The molecule has 0 aromatic heterocycles. The van der Waals surface area contributed by atoms with Gasteiger partial charge in [0.15, 0.2) is 11.6 Å². The molecule has 0 spiro atoms. The van der Waals surface area contributed by atoms with Gasteiger partial charge in [-0.15, -0.1) is 0 Å². The van der Waals surface area contributed by atoms with Crippen molar-refractivity contribution in [2.45, 2.75) is 19.4 Å². The number of carbonyl (C=O) groups is 2. The van der Waals surface area contributed by atoms with E-state index in [1.54, 1.807) is 36.4 Å². The molecule has 170 valence electrons. The van der Waals surface area contributed by atoms with Gasteiger partial charge in [0.1, 0.15) is 6.10 Å². The number of nitrogen functional groups attached to an aromatic ring is 1. The Balaban J connectivity index is 1.69. The van der Waals surface area contributed by atoms with Gasteiger partial charge in [-0.2, -0.15) is 0 Å². The lowest BCUT2D eigenvalue weighted by molar-refractivity contribution is -0.111. The molecule has 0 heterocycles. The number of phenols is 1. The lowest BCUT2D eigenvalue weighted by Crippen LogP contribution is -2.17. The minimum Gasteiger partial charge on any atom is -0.505 e. The van der Waals surface area contributed by atoms with Gasteiger partial charge in [0, 0.05) is 12.1 Å². The van der Waals surface area contributed by atoms with Crippen molar-refractivity contribution in [1.82, 2.24) is 0 Å². The van der Waals surface area contributed by atoms with Crippen molar-refractivity contribution in [2.75, 3.05) is 16.4 Å². The fourth-order valence-corrected chi connectivity index (χ4v) is 2.97. The van der Waals surface area contributed by atoms with Crippen LogP contribution in [0.15, 0.2) is 78.9 Å². The van der Waals surface area contributed by atoms with E-state index in [-0.39, 0.29) is 6.42 Å². The first-order chi connectivity index (χ1) is 15.8. The zero-order valence-corrected chi connectivity index (χ0v) is 17.9. The van der Waals surface area contributed by atoms with Crippen LogP contribution in [0.4, 0.5) is 26.2 Å². The SMILES string of the molecule is Cc1ccc(NC(=O)O[C@H](C/C=C/C(=O)Nc2ccccc2N)c2ccc(O)c(F)c2)cc1. The van der Waals surface area contributed by atoms with E-state index in [0.717, 1.165) is 11.6 Å². The number of aromatic hydroxyl groups is 1. The molecule has 0 aliphatic heterocycles. The lowest BCUT2D eigenvalue weighted by atomic mass is 10.1. The molecule has 0 fully saturated rings. The summed E-state index contributed by atoms with van der Waals surface area (Å²) in [4.78, 5) is 24.6. The highest BCUT2D eigenvalue weighted by atomic mass is 19.1. The van der Waals surface area contributed by atoms with Crippen molar-refractivity contribution >= 4 is 29.1 Å². The maximum Gasteiger partial charge on any atom is 0.412 e. The lowest BCUT2D eigenvalue weighted by Gasteiger charge is -2.18. The number of rotatable bonds is 7. The van der Waals surface area contributed by atoms with E-state index in [9.17, 15) is 19.1 Å². The number of anilines is 3. The summed E-state index contributed by atoms with van der Waals surface area (Å²) in [6.45, 7) is 1.92. The zero-order chi connectivity index (χ0) is 23.8. The van der Waals surface area contributed by atoms with E-state index in [0.29, 0.717) is 22.6 Å². The maximum absolute atomic E-state index is 13.9. The number of amides is 2. The third-order valence-electron chi connectivity index (χ3n) is 4.73. The molecule has 0 aliphatic rings. The molecule has 5 N–H and O–H groups in total. The first-order valence-corrected chi connectivity index (χ1v) is 10.2. The first-order valence-electron chi connectivity index (χ1n) is 10.2. The molecule has 0 saturated heterocycles. The molecule has 2 amide bonds. The van der Waals surface area contributed by atoms with Crippen molar-refractivity contribution in [2.24, 2.45) is 0 Å². The van der Waals surface area contributed by atoms with Crippen LogP contribution in [0.25, 0.3) is 0 Å². The van der Waals surface area contributed by atoms with Crippen LogP contribution in [0.2, 0.25) is 0 Å². The molecule has 3 aromatic rings. The molecule has 3 aromatic carbocycles. The molecule has 0 unspecified atom stereocenters. The Hall–Kier alpha value is -4.33. The van der Waals surface area contributed by atoms with Gasteiger partial charge in [-0.05, 0) is 55.0 Å². The second kappa shape index (κ2) is 10.8. The van der Waals surface area contributed by atoms with Crippen molar-refractivity contribution in [3.63, 3.8) is 0 Å². The van der Waals surface area contributed by atoms with Crippen molar-refractivity contribution in [1.29, 1.82) is 0 Å². The maximum atomic E-state index is 13.9. The molecule has 0 saturated carbocycles. The van der Waals surface area contributed by atoms with Crippen LogP contribution < -0.4 is 16.4 Å². The molecule has 7 nitrogen and oxygen atoms in total. The van der Waals surface area contributed by atoms with Gasteiger partial charge in [-0.3, -0.25) is 10.1 Å². The largest absolute Gasteiger partial charge is 0.505 e. The van der Waals surface area contributed by atoms with Gasteiger partial charge >= 0.3 is 6.09 Å². The number of nitrogens with two attached hydrogens (primary N) is 1. The molecule has 0 aliphatic carbocycles. The Morgan fingerprint density at radius 2 is 1.82 bits per heavy atom. The number of hydrogen-bond donors (Lipinski definition) is 4. The van der Waals surface area contributed by atoms with E-state index >= 15 is 0 Å². The van der Waals surface area contributed by atoms with Crippen LogP contribution in [0.3, 0.4) is 0 Å². The van der Waals surface area contributed by atoms with Gasteiger partial charge in [0.05, 0.1) is 11.4 Å². The van der Waals surface area contributed by atoms with Crippen LogP contribution in [0.1, 0.15) is 23.7 Å². The Labute approximate surface area is 190 Å². The van der Waals surface area contributed by atoms with Crippen molar-refractivity contribution in [3.05, 3.63) is 95.8 Å². The average molecular weight is 449 g/mol. The summed E-state index contributed by atoms with van der Waals surface area (Å²) in [5.41, 5.74) is 8.60. The molecule has 0 bridgehead atoms. The smallest absolute Gasteiger partial charge is 0.412 e. The van der Waals surface area contributed by atoms with Gasteiger partial charge in [0.25, 0.3) is 0 Å². The number of halogens is 1. The molecule has 8 heteroatoms. The summed E-state index contributed by atoms with van der Waals surface area (Å²) in [5, 5.41) is 14.7. The van der Waals surface area contributed by atoms with Gasteiger partial charge < -0.3 is 20.9 Å². The predicted octanol–water partition coefficient (Wildman–Crippen LogP) is 5.30. The summed E-state index contributed by atoms with van der Waals surface area (Å²) in [6, 6.07) is 17.7. The van der Waals surface area contributed by atoms with Crippen LogP contribution in [-0.4, -0.2) is 17.1 Å². The number of aryl methyl sites for hydroxylation is 1. The number of ether oxygens (including phenoxy) is 1. The Kier molecular flexibility index (Phi) is 7.64. The fourth-order valence-electron chi connectivity index (χ4n) is 2.97.